The summed E-state index contributed by atoms with van der Waals surface area (Å²) in [6.07, 6.45) is 5.60. The van der Waals surface area contributed by atoms with Gasteiger partial charge in [-0.15, -0.1) is 0 Å². The van der Waals surface area contributed by atoms with Gasteiger partial charge in [-0.2, -0.15) is 0 Å². The Morgan fingerprint density at radius 1 is 1.60 bits per heavy atom. The van der Waals surface area contributed by atoms with Gasteiger partial charge in [0.15, 0.2) is 0 Å². The van der Waals surface area contributed by atoms with Crippen molar-refractivity contribution in [3.05, 3.63) is 22.8 Å². The van der Waals surface area contributed by atoms with E-state index in [0.29, 0.717) is 6.04 Å². The highest BCUT2D eigenvalue weighted by molar-refractivity contribution is 9.10. The molecule has 1 aliphatic rings. The van der Waals surface area contributed by atoms with Crippen LogP contribution in [0.2, 0.25) is 0 Å². The van der Waals surface area contributed by atoms with Crippen molar-refractivity contribution in [2.75, 3.05) is 18.4 Å². The summed E-state index contributed by atoms with van der Waals surface area (Å²) in [4.78, 5) is 4.26. The lowest BCUT2D eigenvalue weighted by molar-refractivity contribution is 0.574. The van der Waals surface area contributed by atoms with Gasteiger partial charge in [-0.25, -0.2) is 4.98 Å². The van der Waals surface area contributed by atoms with Crippen LogP contribution in [-0.4, -0.2) is 24.1 Å². The lowest BCUT2D eigenvalue weighted by Crippen LogP contribution is -2.24. The average Bonchev–Trinajstić information content (AvgIpc) is 2.74. The fraction of sp³-hybridized carbons (Fsp3) is 0.545. The molecule has 0 aromatic carbocycles. The van der Waals surface area contributed by atoms with E-state index in [0.717, 1.165) is 16.8 Å². The van der Waals surface area contributed by atoms with Crippen LogP contribution in [-0.2, 0) is 0 Å². The first-order valence-corrected chi connectivity index (χ1v) is 6.23. The monoisotopic (exact) mass is 269 g/mol. The molecule has 15 heavy (non-hydrogen) atoms. The van der Waals surface area contributed by atoms with Crippen LogP contribution in [0.1, 0.15) is 19.3 Å². The smallest absolute Gasteiger partial charge is 0.140 e. The minimum atomic E-state index is 0.694. The molecule has 0 aliphatic carbocycles. The van der Waals surface area contributed by atoms with E-state index in [1.807, 2.05) is 12.1 Å². The molecule has 2 N–H and O–H groups in total. The van der Waals surface area contributed by atoms with E-state index in [1.54, 1.807) is 6.20 Å². The third-order valence-corrected chi connectivity index (χ3v) is 3.35. The summed E-state index contributed by atoms with van der Waals surface area (Å²) in [5, 5.41) is 6.83. The van der Waals surface area contributed by atoms with Gasteiger partial charge in [0.05, 0.1) is 4.47 Å². The zero-order valence-electron chi connectivity index (χ0n) is 8.67. The minimum absolute atomic E-state index is 0.694. The normalized spacial score (nSPS) is 20.5. The fourth-order valence-electron chi connectivity index (χ4n) is 1.88. The van der Waals surface area contributed by atoms with Crippen LogP contribution < -0.4 is 10.6 Å². The van der Waals surface area contributed by atoms with Gasteiger partial charge in [0.2, 0.25) is 0 Å². The van der Waals surface area contributed by atoms with Gasteiger partial charge in [-0.05, 0) is 53.9 Å². The Bertz CT molecular complexity index is 310. The van der Waals surface area contributed by atoms with Gasteiger partial charge in [-0.1, -0.05) is 0 Å². The van der Waals surface area contributed by atoms with Crippen molar-refractivity contribution in [1.82, 2.24) is 10.3 Å². The summed E-state index contributed by atoms with van der Waals surface area (Å²) in [5.74, 6) is 0.940. The van der Waals surface area contributed by atoms with Crippen LogP contribution in [0.15, 0.2) is 22.8 Å². The second kappa shape index (κ2) is 5.47. The average molecular weight is 270 g/mol. The zero-order valence-corrected chi connectivity index (χ0v) is 10.3. The third kappa shape index (κ3) is 3.18. The Hall–Kier alpha value is -0.610. The molecule has 0 unspecified atom stereocenters. The molecule has 1 atom stereocenters. The molecule has 2 heterocycles. The molecule has 1 aliphatic heterocycles. The van der Waals surface area contributed by atoms with Crippen molar-refractivity contribution < 1.29 is 0 Å². The Morgan fingerprint density at radius 2 is 2.53 bits per heavy atom. The molecule has 1 saturated heterocycles. The third-order valence-electron chi connectivity index (χ3n) is 2.71. The van der Waals surface area contributed by atoms with E-state index in [9.17, 15) is 0 Å². The molecule has 82 valence electrons. The SMILES string of the molecule is Brc1cccnc1NCC[C@@H]1CCCN1. The lowest BCUT2D eigenvalue weighted by atomic mass is 10.1. The van der Waals surface area contributed by atoms with E-state index in [4.69, 9.17) is 0 Å². The maximum absolute atomic E-state index is 4.26. The summed E-state index contributed by atoms with van der Waals surface area (Å²) in [6.45, 7) is 2.16. The number of nitrogens with one attached hydrogen (secondary N) is 2. The molecule has 1 fully saturated rings. The number of hydrogen-bond donors (Lipinski definition) is 2. The first kappa shape index (κ1) is 10.9. The van der Waals surface area contributed by atoms with Crippen LogP contribution in [0.25, 0.3) is 0 Å². The van der Waals surface area contributed by atoms with Crippen molar-refractivity contribution in [3.63, 3.8) is 0 Å². The Morgan fingerprint density at radius 3 is 3.27 bits per heavy atom. The summed E-state index contributed by atoms with van der Waals surface area (Å²) in [6, 6.07) is 4.62. The zero-order chi connectivity index (χ0) is 10.5. The Labute approximate surface area is 98.8 Å². The molecule has 0 saturated carbocycles. The van der Waals surface area contributed by atoms with Crippen molar-refractivity contribution in [1.29, 1.82) is 0 Å². The summed E-state index contributed by atoms with van der Waals surface area (Å²) >= 11 is 3.47. The lowest BCUT2D eigenvalue weighted by Gasteiger charge is -2.11. The van der Waals surface area contributed by atoms with E-state index in [2.05, 4.69) is 31.5 Å². The molecular formula is C11H16BrN3. The Balaban J connectivity index is 1.75. The van der Waals surface area contributed by atoms with E-state index >= 15 is 0 Å². The maximum atomic E-state index is 4.26. The van der Waals surface area contributed by atoms with E-state index < -0.39 is 0 Å². The van der Waals surface area contributed by atoms with Gasteiger partial charge in [0.1, 0.15) is 5.82 Å². The number of aromatic nitrogens is 1. The van der Waals surface area contributed by atoms with Crippen LogP contribution in [0.4, 0.5) is 5.82 Å². The predicted octanol–water partition coefficient (Wildman–Crippen LogP) is 2.40. The number of halogens is 1. The highest BCUT2D eigenvalue weighted by atomic mass is 79.9. The number of rotatable bonds is 4. The molecule has 1 aromatic heterocycles. The number of hydrogen-bond acceptors (Lipinski definition) is 3. The molecule has 0 amide bonds. The standard InChI is InChI=1S/C11H16BrN3/c12-10-4-2-7-14-11(10)15-8-5-9-3-1-6-13-9/h2,4,7,9,13H,1,3,5-6,8H2,(H,14,15)/t9-/m0/s1. The second-order valence-electron chi connectivity index (χ2n) is 3.84. The Kier molecular flexibility index (Phi) is 3.97. The van der Waals surface area contributed by atoms with E-state index in [-0.39, 0.29) is 0 Å². The van der Waals surface area contributed by atoms with Crippen LogP contribution in [0.3, 0.4) is 0 Å². The summed E-state index contributed by atoms with van der Waals surface area (Å²) in [5.41, 5.74) is 0. The second-order valence-corrected chi connectivity index (χ2v) is 4.70. The number of pyridine rings is 1. The van der Waals surface area contributed by atoms with Crippen LogP contribution in [0.5, 0.6) is 0 Å². The van der Waals surface area contributed by atoms with Gasteiger partial charge in [0, 0.05) is 18.8 Å². The molecule has 3 nitrogen and oxygen atoms in total. The van der Waals surface area contributed by atoms with Gasteiger partial charge in [0.25, 0.3) is 0 Å². The molecule has 0 radical (unpaired) electrons. The van der Waals surface area contributed by atoms with Crippen molar-refractivity contribution >= 4 is 21.7 Å². The quantitative estimate of drug-likeness (QED) is 0.882. The summed E-state index contributed by atoms with van der Waals surface area (Å²) < 4.78 is 1.03. The molecule has 4 heteroatoms. The fourth-order valence-corrected chi connectivity index (χ4v) is 2.28. The molecule has 2 rings (SSSR count). The highest BCUT2D eigenvalue weighted by Gasteiger charge is 2.13. The number of anilines is 1. The van der Waals surface area contributed by atoms with Crippen LogP contribution >= 0.6 is 15.9 Å². The van der Waals surface area contributed by atoms with Crippen molar-refractivity contribution in [2.45, 2.75) is 25.3 Å². The van der Waals surface area contributed by atoms with Gasteiger partial charge < -0.3 is 10.6 Å². The van der Waals surface area contributed by atoms with Crippen molar-refractivity contribution in [3.8, 4) is 0 Å². The van der Waals surface area contributed by atoms with Crippen LogP contribution in [0, 0.1) is 0 Å². The van der Waals surface area contributed by atoms with Gasteiger partial charge >= 0.3 is 0 Å². The highest BCUT2D eigenvalue weighted by Crippen LogP contribution is 2.18. The first-order valence-electron chi connectivity index (χ1n) is 5.44. The topological polar surface area (TPSA) is 37.0 Å². The van der Waals surface area contributed by atoms with Crippen molar-refractivity contribution in [2.24, 2.45) is 0 Å². The minimum Gasteiger partial charge on any atom is -0.369 e. The molecular weight excluding hydrogens is 254 g/mol. The number of nitrogens with zero attached hydrogens (tertiary/aromatic N) is 1. The molecule has 0 spiro atoms. The van der Waals surface area contributed by atoms with E-state index in [1.165, 1.54) is 25.8 Å². The molecule has 0 bridgehead atoms. The largest absolute Gasteiger partial charge is 0.369 e. The summed E-state index contributed by atoms with van der Waals surface area (Å²) in [7, 11) is 0. The first-order chi connectivity index (χ1) is 7.36. The predicted molar refractivity (Wildman–Crippen MR) is 66.1 cm³/mol. The molecule has 1 aromatic rings. The van der Waals surface area contributed by atoms with Gasteiger partial charge in [-0.3, -0.25) is 0 Å². The maximum Gasteiger partial charge on any atom is 0.140 e.